The SMILES string of the molecule is CCOc1ccc(C(C)C)c2c1[Se][Se]c1c(OCC)ccc(C(C)C)c1SS2. The summed E-state index contributed by atoms with van der Waals surface area (Å²) in [5.41, 5.74) is 2.90. The van der Waals surface area contributed by atoms with E-state index < -0.39 is 0 Å². The first-order valence-electron chi connectivity index (χ1n) is 9.76. The summed E-state index contributed by atoms with van der Waals surface area (Å²) in [5.74, 6) is 3.19. The van der Waals surface area contributed by atoms with Crippen molar-refractivity contribution < 1.29 is 9.47 Å². The summed E-state index contributed by atoms with van der Waals surface area (Å²) in [6.07, 6.45) is 0. The summed E-state index contributed by atoms with van der Waals surface area (Å²) in [6, 6.07) is 8.93. The third-order valence-corrected chi connectivity index (χ3v) is 14.7. The molecule has 0 atom stereocenters. The zero-order valence-corrected chi connectivity index (χ0v) is 22.4. The van der Waals surface area contributed by atoms with Crippen molar-refractivity contribution in [3.8, 4) is 11.5 Å². The Morgan fingerprint density at radius 2 is 1.11 bits per heavy atom. The third kappa shape index (κ3) is 4.74. The van der Waals surface area contributed by atoms with Crippen LogP contribution in [0.2, 0.25) is 0 Å². The molecule has 0 N–H and O–H groups in total. The predicted octanol–water partition coefficient (Wildman–Crippen LogP) is 5.12. The van der Waals surface area contributed by atoms with E-state index in [1.807, 2.05) is 21.6 Å². The molecule has 0 unspecified atom stereocenters. The van der Waals surface area contributed by atoms with E-state index in [9.17, 15) is 0 Å². The second kappa shape index (κ2) is 10.2. The molecular formula is C22H28O2S2Se2. The molecular weight excluding hydrogens is 518 g/mol. The van der Waals surface area contributed by atoms with Gasteiger partial charge in [0.1, 0.15) is 0 Å². The standard InChI is InChI=1S/C22H28O2S2Se2/c1-7-23-17-11-9-15(13(3)4)19-21(17)27-28-22-18(24-8-2)12-10-16(14(5)6)20(22)26-25-19/h9-14H,7-8H2,1-6H3. The number of rotatable bonds is 6. The Bertz CT molecular complexity index is 768. The van der Waals surface area contributed by atoms with Gasteiger partial charge in [-0.25, -0.2) is 0 Å². The zero-order chi connectivity index (χ0) is 20.3. The molecule has 0 amide bonds. The summed E-state index contributed by atoms with van der Waals surface area (Å²) in [7, 11) is 3.85. The van der Waals surface area contributed by atoms with Gasteiger partial charge in [0, 0.05) is 0 Å². The molecule has 1 aliphatic rings. The van der Waals surface area contributed by atoms with Crippen LogP contribution in [0.25, 0.3) is 0 Å². The molecule has 0 saturated carbocycles. The van der Waals surface area contributed by atoms with E-state index in [4.69, 9.17) is 9.47 Å². The summed E-state index contributed by atoms with van der Waals surface area (Å²) in [5, 5.41) is 0. The van der Waals surface area contributed by atoms with Crippen LogP contribution in [-0.2, 0) is 0 Å². The van der Waals surface area contributed by atoms with Crippen molar-refractivity contribution >= 4 is 56.8 Å². The van der Waals surface area contributed by atoms with Crippen molar-refractivity contribution in [1.82, 2.24) is 0 Å². The van der Waals surface area contributed by atoms with Crippen LogP contribution in [0.3, 0.4) is 0 Å². The number of hydrogen-bond donors (Lipinski definition) is 0. The molecule has 0 radical (unpaired) electrons. The predicted molar refractivity (Wildman–Crippen MR) is 126 cm³/mol. The van der Waals surface area contributed by atoms with Crippen molar-refractivity contribution in [3.05, 3.63) is 35.4 Å². The summed E-state index contributed by atoms with van der Waals surface area (Å²) in [4.78, 5) is 2.88. The maximum atomic E-state index is 6.03. The molecule has 0 fully saturated rings. The van der Waals surface area contributed by atoms with Crippen LogP contribution in [-0.4, -0.2) is 39.5 Å². The quantitative estimate of drug-likeness (QED) is 0.370. The first kappa shape index (κ1) is 22.5. The van der Waals surface area contributed by atoms with Crippen LogP contribution >= 0.6 is 21.6 Å². The Morgan fingerprint density at radius 3 is 1.43 bits per heavy atom. The van der Waals surface area contributed by atoms with Gasteiger partial charge in [-0.05, 0) is 0 Å². The van der Waals surface area contributed by atoms with Gasteiger partial charge in [-0.2, -0.15) is 0 Å². The molecule has 6 heteroatoms. The van der Waals surface area contributed by atoms with Crippen LogP contribution in [0.1, 0.15) is 64.5 Å². The van der Waals surface area contributed by atoms with Crippen molar-refractivity contribution in [2.45, 2.75) is 63.2 Å². The molecule has 0 spiro atoms. The molecule has 0 saturated heterocycles. The summed E-state index contributed by atoms with van der Waals surface area (Å²) in [6.45, 7) is 14.7. The van der Waals surface area contributed by atoms with Gasteiger partial charge >= 0.3 is 190 Å². The molecule has 1 aliphatic heterocycles. The van der Waals surface area contributed by atoms with Gasteiger partial charge in [0.05, 0.1) is 0 Å². The monoisotopic (exact) mass is 548 g/mol. The molecule has 3 rings (SSSR count). The van der Waals surface area contributed by atoms with Crippen LogP contribution in [0.4, 0.5) is 0 Å². The molecule has 2 aromatic carbocycles. The van der Waals surface area contributed by atoms with Gasteiger partial charge in [0.2, 0.25) is 0 Å². The van der Waals surface area contributed by atoms with Crippen LogP contribution in [0, 0.1) is 0 Å². The van der Waals surface area contributed by atoms with E-state index >= 15 is 0 Å². The van der Waals surface area contributed by atoms with Crippen LogP contribution in [0.5, 0.6) is 11.5 Å². The fourth-order valence-electron chi connectivity index (χ4n) is 3.06. The molecule has 0 aliphatic carbocycles. The minimum atomic E-state index is 0.363. The van der Waals surface area contributed by atoms with Crippen molar-refractivity contribution in [2.75, 3.05) is 13.2 Å². The van der Waals surface area contributed by atoms with E-state index in [0.29, 0.717) is 51.3 Å². The van der Waals surface area contributed by atoms with E-state index in [2.05, 4.69) is 65.8 Å². The Labute approximate surface area is 188 Å². The van der Waals surface area contributed by atoms with Crippen LogP contribution < -0.4 is 18.4 Å². The molecule has 28 heavy (non-hydrogen) atoms. The van der Waals surface area contributed by atoms with Crippen molar-refractivity contribution in [2.24, 2.45) is 0 Å². The normalized spacial score (nSPS) is 13.7. The first-order valence-corrected chi connectivity index (χ1v) is 18.0. The van der Waals surface area contributed by atoms with Crippen molar-refractivity contribution in [3.63, 3.8) is 0 Å². The third-order valence-electron chi connectivity index (χ3n) is 4.47. The molecule has 1 heterocycles. The van der Waals surface area contributed by atoms with Gasteiger partial charge in [-0.3, -0.25) is 0 Å². The summed E-state index contributed by atoms with van der Waals surface area (Å²) >= 11 is 0.726. The second-order valence-corrected chi connectivity index (χ2v) is 15.3. The zero-order valence-electron chi connectivity index (χ0n) is 17.3. The number of fused-ring (bicyclic) bond motifs is 2. The van der Waals surface area contributed by atoms with E-state index in [0.717, 1.165) is 11.5 Å². The van der Waals surface area contributed by atoms with E-state index in [1.165, 1.54) is 29.8 Å². The Hall–Kier alpha value is -0.221. The molecule has 0 aromatic heterocycles. The number of benzene rings is 2. The maximum absolute atomic E-state index is 6.03. The fourth-order valence-corrected chi connectivity index (χ4v) is 16.3. The van der Waals surface area contributed by atoms with Gasteiger partial charge in [-0.15, -0.1) is 0 Å². The average molecular weight is 547 g/mol. The van der Waals surface area contributed by atoms with Gasteiger partial charge in [0.25, 0.3) is 0 Å². The van der Waals surface area contributed by atoms with Gasteiger partial charge in [-0.1, -0.05) is 0 Å². The van der Waals surface area contributed by atoms with Gasteiger partial charge in [0.15, 0.2) is 0 Å². The molecule has 2 aromatic rings. The molecule has 152 valence electrons. The summed E-state index contributed by atoms with van der Waals surface area (Å²) < 4.78 is 15.0. The second-order valence-electron chi connectivity index (χ2n) is 7.13. The molecule has 0 bridgehead atoms. The Balaban J connectivity index is 2.11. The average Bonchev–Trinajstić information content (AvgIpc) is 2.63. The molecule has 2 nitrogen and oxygen atoms in total. The first-order chi connectivity index (χ1) is 13.5. The fraction of sp³-hybridized carbons (Fsp3) is 0.455. The Morgan fingerprint density at radius 1 is 0.714 bits per heavy atom. The van der Waals surface area contributed by atoms with Crippen molar-refractivity contribution in [1.29, 1.82) is 0 Å². The minimum absolute atomic E-state index is 0.363. The van der Waals surface area contributed by atoms with E-state index in [-0.39, 0.29) is 0 Å². The number of hydrogen-bond acceptors (Lipinski definition) is 4. The number of ether oxygens (including phenoxy) is 2. The Kier molecular flexibility index (Phi) is 8.18. The van der Waals surface area contributed by atoms with Crippen LogP contribution in [0.15, 0.2) is 34.1 Å². The topological polar surface area (TPSA) is 18.5 Å². The van der Waals surface area contributed by atoms with E-state index in [1.54, 1.807) is 0 Å². The van der Waals surface area contributed by atoms with Gasteiger partial charge < -0.3 is 0 Å².